The molecule has 156 valence electrons. The number of ketones is 1. The highest BCUT2D eigenvalue weighted by Crippen LogP contribution is 2.14. The van der Waals surface area contributed by atoms with E-state index < -0.39 is 12.2 Å². The second-order valence-electron chi connectivity index (χ2n) is 7.16. The minimum Gasteiger partial charge on any atom is -0.374 e. The van der Waals surface area contributed by atoms with Gasteiger partial charge in [-0.15, -0.1) is 0 Å². The first kappa shape index (κ1) is 21.9. The summed E-state index contributed by atoms with van der Waals surface area (Å²) in [5.41, 5.74) is 3.12. The van der Waals surface area contributed by atoms with Crippen molar-refractivity contribution in [1.29, 1.82) is 0 Å². The molecule has 0 unspecified atom stereocenters. The molecule has 0 aliphatic heterocycles. The van der Waals surface area contributed by atoms with Crippen LogP contribution in [-0.4, -0.2) is 24.6 Å². The zero-order chi connectivity index (χ0) is 21.0. The van der Waals surface area contributed by atoms with Gasteiger partial charge in [-0.3, -0.25) is 4.79 Å². The van der Waals surface area contributed by atoms with Gasteiger partial charge in [-0.25, -0.2) is 0 Å². The molecular weight excluding hydrogens is 376 g/mol. The molecule has 3 aromatic carbocycles. The lowest BCUT2D eigenvalue weighted by atomic mass is 10.1. The number of carbonyl (C=O) groups excluding carboxylic acids is 1. The van der Waals surface area contributed by atoms with Crippen LogP contribution < -0.4 is 0 Å². The molecule has 0 aromatic heterocycles. The molecular formula is C26H28O4. The smallest absolute Gasteiger partial charge is 0.161 e. The van der Waals surface area contributed by atoms with E-state index in [0.29, 0.717) is 19.8 Å². The van der Waals surface area contributed by atoms with Gasteiger partial charge in [0.1, 0.15) is 12.2 Å². The van der Waals surface area contributed by atoms with E-state index in [0.717, 1.165) is 16.7 Å². The first-order valence-electron chi connectivity index (χ1n) is 10.2. The highest BCUT2D eigenvalue weighted by molar-refractivity contribution is 5.81. The van der Waals surface area contributed by atoms with Crippen molar-refractivity contribution in [1.82, 2.24) is 0 Å². The van der Waals surface area contributed by atoms with Crippen molar-refractivity contribution in [2.24, 2.45) is 0 Å². The van der Waals surface area contributed by atoms with Gasteiger partial charge >= 0.3 is 0 Å². The van der Waals surface area contributed by atoms with Crippen LogP contribution in [0.4, 0.5) is 0 Å². The van der Waals surface area contributed by atoms with Crippen LogP contribution in [0.1, 0.15) is 23.6 Å². The predicted octanol–water partition coefficient (Wildman–Crippen LogP) is 4.96. The molecule has 2 atom stereocenters. The van der Waals surface area contributed by atoms with Gasteiger partial charge in [-0.05, 0) is 23.6 Å². The number of Topliss-reactive ketones (excluding diaryl/α,β-unsaturated/α-hetero) is 1. The van der Waals surface area contributed by atoms with Gasteiger partial charge < -0.3 is 14.2 Å². The maximum Gasteiger partial charge on any atom is 0.161 e. The van der Waals surface area contributed by atoms with Crippen molar-refractivity contribution in [3.8, 4) is 0 Å². The monoisotopic (exact) mass is 404 g/mol. The average molecular weight is 405 g/mol. The maximum absolute atomic E-state index is 12.4. The Balaban J connectivity index is 1.64. The summed E-state index contributed by atoms with van der Waals surface area (Å²) in [4.78, 5) is 12.4. The Labute approximate surface area is 178 Å². The first-order chi connectivity index (χ1) is 14.7. The van der Waals surface area contributed by atoms with E-state index >= 15 is 0 Å². The Bertz CT molecular complexity index is 865. The first-order valence-corrected chi connectivity index (χ1v) is 10.2. The zero-order valence-electron chi connectivity index (χ0n) is 17.3. The van der Waals surface area contributed by atoms with Crippen LogP contribution >= 0.6 is 0 Å². The lowest BCUT2D eigenvalue weighted by molar-refractivity contribution is -0.150. The van der Waals surface area contributed by atoms with E-state index in [-0.39, 0.29) is 12.4 Å². The topological polar surface area (TPSA) is 44.8 Å². The third-order valence-electron chi connectivity index (χ3n) is 4.71. The molecule has 0 spiro atoms. The molecule has 30 heavy (non-hydrogen) atoms. The highest BCUT2D eigenvalue weighted by Gasteiger charge is 2.28. The van der Waals surface area contributed by atoms with Gasteiger partial charge in [-0.1, -0.05) is 91.0 Å². The van der Waals surface area contributed by atoms with Crippen LogP contribution in [0.5, 0.6) is 0 Å². The number of benzene rings is 3. The second-order valence-corrected chi connectivity index (χ2v) is 7.16. The molecule has 4 heteroatoms. The molecule has 0 radical (unpaired) electrons. The van der Waals surface area contributed by atoms with Crippen LogP contribution in [0.2, 0.25) is 0 Å². The lowest BCUT2D eigenvalue weighted by Gasteiger charge is -2.26. The number of rotatable bonds is 12. The minimum atomic E-state index is -0.704. The molecule has 0 N–H and O–H groups in total. The lowest BCUT2D eigenvalue weighted by Crippen LogP contribution is -2.40. The largest absolute Gasteiger partial charge is 0.374 e. The van der Waals surface area contributed by atoms with E-state index in [2.05, 4.69) is 0 Å². The summed E-state index contributed by atoms with van der Waals surface area (Å²) in [5.74, 6) is -0.0766. The fourth-order valence-corrected chi connectivity index (χ4v) is 3.11. The number of carbonyl (C=O) groups is 1. The van der Waals surface area contributed by atoms with Crippen molar-refractivity contribution < 1.29 is 19.0 Å². The molecule has 0 amide bonds. The van der Waals surface area contributed by atoms with E-state index in [4.69, 9.17) is 14.2 Å². The Morgan fingerprint density at radius 3 is 1.57 bits per heavy atom. The summed E-state index contributed by atoms with van der Waals surface area (Å²) in [6.07, 6.45) is -1.21. The molecule has 4 nitrogen and oxygen atoms in total. The van der Waals surface area contributed by atoms with Gasteiger partial charge in [0.25, 0.3) is 0 Å². The Morgan fingerprint density at radius 2 is 1.10 bits per heavy atom. The van der Waals surface area contributed by atoms with Gasteiger partial charge in [0, 0.05) is 0 Å². The van der Waals surface area contributed by atoms with Crippen molar-refractivity contribution in [2.45, 2.75) is 39.0 Å². The van der Waals surface area contributed by atoms with Crippen LogP contribution in [-0.2, 0) is 38.8 Å². The molecule has 0 saturated heterocycles. The third-order valence-corrected chi connectivity index (χ3v) is 4.71. The molecule has 0 aliphatic rings. The number of ether oxygens (including phenoxy) is 3. The molecule has 0 heterocycles. The minimum absolute atomic E-state index is 0.0766. The van der Waals surface area contributed by atoms with Crippen LogP contribution in [0.25, 0.3) is 0 Å². The van der Waals surface area contributed by atoms with Gasteiger partial charge in [0.05, 0.1) is 26.4 Å². The molecule has 0 saturated carbocycles. The summed E-state index contributed by atoms with van der Waals surface area (Å²) in [6.45, 7) is 2.98. The highest BCUT2D eigenvalue weighted by atomic mass is 16.6. The maximum atomic E-state index is 12.4. The van der Waals surface area contributed by atoms with E-state index in [1.807, 2.05) is 91.0 Å². The molecule has 3 aromatic rings. The normalized spacial score (nSPS) is 13.0. The summed E-state index contributed by atoms with van der Waals surface area (Å²) >= 11 is 0. The van der Waals surface area contributed by atoms with Gasteiger partial charge in [0.15, 0.2) is 5.78 Å². The SMILES string of the molecule is CC(=O)[C@@H](OCc1ccccc1)[C@@H](COCc1ccccc1)OCc1ccccc1. The summed E-state index contributed by atoms with van der Waals surface area (Å²) in [7, 11) is 0. The van der Waals surface area contributed by atoms with Gasteiger partial charge in [0.2, 0.25) is 0 Å². The van der Waals surface area contributed by atoms with Crippen molar-refractivity contribution in [3.05, 3.63) is 108 Å². The molecule has 0 bridgehead atoms. The summed E-state index contributed by atoms with van der Waals surface area (Å²) in [5, 5.41) is 0. The Hall–Kier alpha value is -2.79. The number of hydrogen-bond acceptors (Lipinski definition) is 4. The third kappa shape index (κ3) is 7.23. The van der Waals surface area contributed by atoms with E-state index in [1.165, 1.54) is 6.92 Å². The molecule has 0 fully saturated rings. The predicted molar refractivity (Wildman–Crippen MR) is 117 cm³/mol. The Morgan fingerprint density at radius 1 is 0.667 bits per heavy atom. The fourth-order valence-electron chi connectivity index (χ4n) is 3.11. The van der Waals surface area contributed by atoms with E-state index in [9.17, 15) is 4.79 Å². The Kier molecular flexibility index (Phi) is 8.79. The number of hydrogen-bond donors (Lipinski definition) is 0. The van der Waals surface area contributed by atoms with Crippen molar-refractivity contribution in [2.75, 3.05) is 6.61 Å². The molecule has 3 rings (SSSR count). The van der Waals surface area contributed by atoms with Crippen LogP contribution in [0.15, 0.2) is 91.0 Å². The molecule has 0 aliphatic carbocycles. The van der Waals surface area contributed by atoms with Crippen molar-refractivity contribution in [3.63, 3.8) is 0 Å². The van der Waals surface area contributed by atoms with Crippen LogP contribution in [0.3, 0.4) is 0 Å². The second kappa shape index (κ2) is 12.0. The zero-order valence-corrected chi connectivity index (χ0v) is 17.3. The average Bonchev–Trinajstić information content (AvgIpc) is 2.79. The fraction of sp³-hybridized carbons (Fsp3) is 0.269. The van der Waals surface area contributed by atoms with Crippen LogP contribution in [0, 0.1) is 0 Å². The van der Waals surface area contributed by atoms with E-state index in [1.54, 1.807) is 0 Å². The summed E-state index contributed by atoms with van der Waals surface area (Å²) in [6, 6.07) is 29.6. The van der Waals surface area contributed by atoms with Gasteiger partial charge in [-0.2, -0.15) is 0 Å². The standard InChI is InChI=1S/C26H28O4/c1-21(27)26(30-19-24-15-9-4-10-16-24)25(29-18-23-13-7-3-8-14-23)20-28-17-22-11-5-2-6-12-22/h2-16,25-26H,17-20H2,1H3/t25-,26-/m1/s1. The quantitative estimate of drug-likeness (QED) is 0.428. The summed E-state index contributed by atoms with van der Waals surface area (Å²) < 4.78 is 18.0. The van der Waals surface area contributed by atoms with Crippen molar-refractivity contribution >= 4 is 5.78 Å².